The van der Waals surface area contributed by atoms with Crippen molar-refractivity contribution in [2.75, 3.05) is 0 Å². The van der Waals surface area contributed by atoms with Gasteiger partial charge in [0.05, 0.1) is 0 Å². The van der Waals surface area contributed by atoms with Crippen LogP contribution in [-0.4, -0.2) is 0 Å². The van der Waals surface area contributed by atoms with Crippen molar-refractivity contribution in [3.8, 4) is 0 Å². The Morgan fingerprint density at radius 3 is 0.714 bits per heavy atom. The van der Waals surface area contributed by atoms with Gasteiger partial charge in [0.2, 0.25) is 0 Å². The summed E-state index contributed by atoms with van der Waals surface area (Å²) in [4.78, 5) is 0. The van der Waals surface area contributed by atoms with Crippen LogP contribution in [0.2, 0.25) is 0 Å². The molecule has 0 aliphatic carbocycles. The second-order valence-electron chi connectivity index (χ2n) is 5.12. The van der Waals surface area contributed by atoms with Crippen LogP contribution in [-0.2, 0) is 22.1 Å². The van der Waals surface area contributed by atoms with Gasteiger partial charge >= 0.3 is 22.1 Å². The predicted molar refractivity (Wildman–Crippen MR) is 63.1 cm³/mol. The third-order valence-corrected chi connectivity index (χ3v) is 0. The number of hydrogen-bond donors (Lipinski definition) is 0. The quantitative estimate of drug-likeness (QED) is 0.567. The molecule has 0 unspecified atom stereocenters. The van der Waals surface area contributed by atoms with Crippen LogP contribution in [0.4, 0.5) is 0 Å². The standard InChI is InChI=1S/2C5H11.2CH3.O.Os/c2*1-5(2,3)4;;;;/h2*1H2,2-4H3;2*1H3;;/q4*-1;;. The van der Waals surface area contributed by atoms with Gasteiger partial charge in [-0.25, -0.2) is 0 Å². The van der Waals surface area contributed by atoms with Crippen LogP contribution in [0, 0.1) is 39.5 Å². The molecule has 2 heteroatoms. The van der Waals surface area contributed by atoms with Crippen LogP contribution in [0.3, 0.4) is 0 Å². The van der Waals surface area contributed by atoms with Crippen LogP contribution in [0.1, 0.15) is 41.5 Å². The molecule has 0 saturated heterocycles. The molecule has 0 spiro atoms. The molecule has 0 aromatic heterocycles. The third-order valence-electron chi connectivity index (χ3n) is 0. The molecule has 0 saturated carbocycles. The van der Waals surface area contributed by atoms with Gasteiger partial charge in [0.25, 0.3) is 0 Å². The third kappa shape index (κ3) is 8540. The Balaban J connectivity index is -0.0000000292. The molecule has 1 nitrogen and oxygen atoms in total. The SMILES string of the molecule is [CH2-]C(C)(C)C.[CH2-]C(C)(C)C.[CH3-].[CH3-].[O]=[Os]. The summed E-state index contributed by atoms with van der Waals surface area (Å²) < 4.78 is 8.28. The van der Waals surface area contributed by atoms with E-state index in [1.54, 1.807) is 0 Å². The van der Waals surface area contributed by atoms with Gasteiger partial charge in [0.15, 0.2) is 0 Å². The van der Waals surface area contributed by atoms with Gasteiger partial charge in [-0.15, -0.1) is 0 Å². The van der Waals surface area contributed by atoms with Crippen LogP contribution >= 0.6 is 0 Å². The molecule has 94 valence electrons. The molecule has 0 rings (SSSR count). The van der Waals surface area contributed by atoms with E-state index < -0.39 is 0 Å². The first kappa shape index (κ1) is 29.3. The number of hydrogen-bond acceptors (Lipinski definition) is 1. The van der Waals surface area contributed by atoms with E-state index in [-0.39, 0.29) is 25.7 Å². The first-order chi connectivity index (χ1) is 5.00. The maximum absolute atomic E-state index is 8.28. The van der Waals surface area contributed by atoms with E-state index in [4.69, 9.17) is 3.54 Å². The molecule has 14 heavy (non-hydrogen) atoms. The monoisotopic (exact) mass is 380 g/mol. The van der Waals surface area contributed by atoms with Gasteiger partial charge in [-0.05, 0) is 0 Å². The zero-order chi connectivity index (χ0) is 11.0. The molecule has 0 aromatic carbocycles. The van der Waals surface area contributed by atoms with Gasteiger partial charge in [0.1, 0.15) is 0 Å². The van der Waals surface area contributed by atoms with Gasteiger partial charge < -0.3 is 28.7 Å². The van der Waals surface area contributed by atoms with Crippen LogP contribution in [0.5, 0.6) is 0 Å². The molecular weight excluding hydrogens is 350 g/mol. The first-order valence-electron chi connectivity index (χ1n) is 3.85. The zero-order valence-corrected chi connectivity index (χ0v) is 13.7. The summed E-state index contributed by atoms with van der Waals surface area (Å²) in [7, 11) is 0. The van der Waals surface area contributed by atoms with Gasteiger partial charge in [-0.3, -0.25) is 0 Å². The van der Waals surface area contributed by atoms with Crippen molar-refractivity contribution >= 4 is 0 Å². The Kier molecular flexibility index (Phi) is 28.1. The van der Waals surface area contributed by atoms with Gasteiger partial charge in [0, 0.05) is 0 Å². The fraction of sp³-hybridized carbons (Fsp3) is 0.667. The fourth-order valence-electron chi connectivity index (χ4n) is 0. The van der Waals surface area contributed by atoms with Crippen molar-refractivity contribution < 1.29 is 22.1 Å². The normalized spacial score (nSPS) is 8.93. The van der Waals surface area contributed by atoms with E-state index >= 15 is 0 Å². The van der Waals surface area contributed by atoms with Crippen LogP contribution in [0.25, 0.3) is 0 Å². The molecule has 0 fully saturated rings. The molecule has 0 N–H and O–H groups in total. The molecule has 0 bridgehead atoms. The van der Waals surface area contributed by atoms with Crippen molar-refractivity contribution in [1.82, 2.24) is 0 Å². The molecule has 0 heterocycles. The Morgan fingerprint density at radius 2 is 0.714 bits per heavy atom. The van der Waals surface area contributed by atoms with E-state index in [9.17, 15) is 0 Å². The Hall–Kier alpha value is 0.436. The summed E-state index contributed by atoms with van der Waals surface area (Å²) in [6.45, 7) is 20.0. The second kappa shape index (κ2) is 13.4. The van der Waals surface area contributed by atoms with E-state index in [0.29, 0.717) is 18.6 Å². The van der Waals surface area contributed by atoms with E-state index in [0.717, 1.165) is 0 Å². The average molecular weight is 379 g/mol. The van der Waals surface area contributed by atoms with E-state index in [1.807, 2.05) is 0 Å². The van der Waals surface area contributed by atoms with Crippen molar-refractivity contribution in [1.29, 1.82) is 0 Å². The molecule has 0 aliphatic heterocycles. The van der Waals surface area contributed by atoms with E-state index in [2.05, 4.69) is 55.4 Å². The molecule has 0 amide bonds. The van der Waals surface area contributed by atoms with Crippen LogP contribution < -0.4 is 0 Å². The Bertz CT molecular complexity index is 63.5. The topological polar surface area (TPSA) is 17.1 Å². The Morgan fingerprint density at radius 1 is 0.714 bits per heavy atom. The fourth-order valence-corrected chi connectivity index (χ4v) is 0. The summed E-state index contributed by atoms with van der Waals surface area (Å²) in [5, 5.41) is 0. The molecular formula is C12H28OOs-4. The summed E-state index contributed by atoms with van der Waals surface area (Å²) in [5.41, 5.74) is 0.500. The van der Waals surface area contributed by atoms with Crippen molar-refractivity contribution in [2.24, 2.45) is 10.8 Å². The van der Waals surface area contributed by atoms with Crippen molar-refractivity contribution in [3.63, 3.8) is 0 Å². The summed E-state index contributed by atoms with van der Waals surface area (Å²) in [6.07, 6.45) is 0. The van der Waals surface area contributed by atoms with Crippen molar-refractivity contribution in [3.05, 3.63) is 28.7 Å². The number of rotatable bonds is 0. The summed E-state index contributed by atoms with van der Waals surface area (Å²) in [5.74, 6) is 0. The predicted octanol–water partition coefficient (Wildman–Crippen LogP) is 4.51. The Labute approximate surface area is 103 Å². The summed E-state index contributed by atoms with van der Waals surface area (Å²) in [6, 6.07) is 0. The van der Waals surface area contributed by atoms with Crippen molar-refractivity contribution in [2.45, 2.75) is 41.5 Å². The van der Waals surface area contributed by atoms with Gasteiger partial charge in [-0.2, -0.15) is 10.8 Å². The minimum atomic E-state index is 0. The molecule has 0 aliphatic rings. The van der Waals surface area contributed by atoms with Crippen LogP contribution in [0.15, 0.2) is 0 Å². The maximum atomic E-state index is 8.28. The molecule has 0 radical (unpaired) electrons. The molecule has 0 atom stereocenters. The first-order valence-corrected chi connectivity index (χ1v) is 4.89. The van der Waals surface area contributed by atoms with E-state index in [1.165, 1.54) is 0 Å². The summed E-state index contributed by atoms with van der Waals surface area (Å²) >= 11 is 0.611. The second-order valence-corrected chi connectivity index (χ2v) is 5.12. The zero-order valence-electron chi connectivity index (χ0n) is 11.2. The molecule has 0 aromatic rings. The van der Waals surface area contributed by atoms with Gasteiger partial charge in [-0.1, -0.05) is 41.5 Å². The minimum absolute atomic E-state index is 0. The average Bonchev–Trinajstić information content (AvgIpc) is 1.59.